The van der Waals surface area contributed by atoms with E-state index in [1.165, 1.54) is 0 Å². The number of allylic oxidation sites excluding steroid dienone is 2. The van der Waals surface area contributed by atoms with Gasteiger partial charge in [-0.15, -0.1) is 0 Å². The van der Waals surface area contributed by atoms with Crippen molar-refractivity contribution in [1.82, 2.24) is 0 Å². The first-order valence-electron chi connectivity index (χ1n) is 6.71. The minimum Gasteiger partial charge on any atom is -0.438 e. The second-order valence-corrected chi connectivity index (χ2v) is 5.33. The van der Waals surface area contributed by atoms with Gasteiger partial charge in [-0.25, -0.2) is 4.79 Å². The van der Waals surface area contributed by atoms with Gasteiger partial charge in [0.15, 0.2) is 0 Å². The number of carbonyl (C=O) groups excluding carboxylic acids is 1. The van der Waals surface area contributed by atoms with Crippen LogP contribution >= 0.6 is 0 Å². The summed E-state index contributed by atoms with van der Waals surface area (Å²) >= 11 is 0. The van der Waals surface area contributed by atoms with Gasteiger partial charge in [0.1, 0.15) is 5.60 Å². The van der Waals surface area contributed by atoms with E-state index in [2.05, 4.69) is 18.3 Å². The van der Waals surface area contributed by atoms with Gasteiger partial charge in [-0.3, -0.25) is 5.32 Å². The SMILES string of the molecule is CCC/C(=C\C#N)c1ccc2c(c1)C(C)(C)OC(=O)N2. The second kappa shape index (κ2) is 5.38. The Balaban J connectivity index is 2.49. The minimum absolute atomic E-state index is 0.434. The summed E-state index contributed by atoms with van der Waals surface area (Å²) in [7, 11) is 0. The smallest absolute Gasteiger partial charge is 0.412 e. The van der Waals surface area contributed by atoms with Gasteiger partial charge in [0, 0.05) is 11.6 Å². The number of ether oxygens (including phenoxy) is 1. The number of nitrogens with zero attached hydrogens (tertiary/aromatic N) is 1. The third-order valence-corrected chi connectivity index (χ3v) is 3.38. The number of hydrogen-bond acceptors (Lipinski definition) is 3. The van der Waals surface area contributed by atoms with Crippen LogP contribution in [0.2, 0.25) is 0 Å². The maximum atomic E-state index is 11.5. The normalized spacial score (nSPS) is 16.7. The van der Waals surface area contributed by atoms with Crippen molar-refractivity contribution in [3.63, 3.8) is 0 Å². The third kappa shape index (κ3) is 2.67. The number of fused-ring (bicyclic) bond motifs is 1. The fourth-order valence-corrected chi connectivity index (χ4v) is 2.42. The Hall–Kier alpha value is -2.28. The predicted octanol–water partition coefficient (Wildman–Crippen LogP) is 4.19. The lowest BCUT2D eigenvalue weighted by molar-refractivity contribution is 0.0420. The van der Waals surface area contributed by atoms with Crippen molar-refractivity contribution in [3.05, 3.63) is 35.4 Å². The number of rotatable bonds is 3. The molecule has 2 rings (SSSR count). The van der Waals surface area contributed by atoms with Crippen LogP contribution in [0.4, 0.5) is 10.5 Å². The Morgan fingerprint density at radius 2 is 2.25 bits per heavy atom. The largest absolute Gasteiger partial charge is 0.438 e. The predicted molar refractivity (Wildman–Crippen MR) is 78.1 cm³/mol. The van der Waals surface area contributed by atoms with Crippen molar-refractivity contribution in [1.29, 1.82) is 5.26 Å². The van der Waals surface area contributed by atoms with Crippen molar-refractivity contribution < 1.29 is 9.53 Å². The zero-order chi connectivity index (χ0) is 14.8. The van der Waals surface area contributed by atoms with E-state index in [0.717, 1.165) is 35.2 Å². The molecule has 1 heterocycles. The molecule has 0 spiro atoms. The van der Waals surface area contributed by atoms with Crippen molar-refractivity contribution in [3.8, 4) is 6.07 Å². The number of hydrogen-bond donors (Lipinski definition) is 1. The van der Waals surface area contributed by atoms with E-state index in [1.807, 2.05) is 32.0 Å². The number of nitrogens with one attached hydrogen (secondary N) is 1. The standard InChI is InChI=1S/C16H18N2O2/c1-4-5-11(8-9-17)12-6-7-14-13(10-12)16(2,3)20-15(19)18-14/h6-8,10H,4-5H2,1-3H3,(H,18,19)/b11-8+. The molecule has 1 aliphatic rings. The van der Waals surface area contributed by atoms with Gasteiger partial charge >= 0.3 is 6.09 Å². The molecule has 0 fully saturated rings. The number of cyclic esters (lactones) is 1. The molecule has 4 heteroatoms. The molecule has 1 aromatic carbocycles. The van der Waals surface area contributed by atoms with Crippen molar-refractivity contribution in [2.75, 3.05) is 5.32 Å². The van der Waals surface area contributed by atoms with Gasteiger partial charge in [0.2, 0.25) is 0 Å². The van der Waals surface area contributed by atoms with Crippen molar-refractivity contribution in [2.24, 2.45) is 0 Å². The molecular weight excluding hydrogens is 252 g/mol. The zero-order valence-electron chi connectivity index (χ0n) is 12.0. The van der Waals surface area contributed by atoms with Crippen LogP contribution in [0.15, 0.2) is 24.3 Å². The summed E-state index contributed by atoms with van der Waals surface area (Å²) in [6.07, 6.45) is 2.97. The molecule has 0 atom stereocenters. The molecule has 0 saturated carbocycles. The quantitative estimate of drug-likeness (QED) is 0.837. The van der Waals surface area contributed by atoms with E-state index in [1.54, 1.807) is 6.08 Å². The van der Waals surface area contributed by atoms with Crippen LogP contribution < -0.4 is 5.32 Å². The summed E-state index contributed by atoms with van der Waals surface area (Å²) in [5, 5.41) is 11.6. The van der Waals surface area contributed by atoms with Crippen LogP contribution in [0.25, 0.3) is 5.57 Å². The summed E-state index contributed by atoms with van der Waals surface area (Å²) in [4.78, 5) is 11.5. The number of benzene rings is 1. The second-order valence-electron chi connectivity index (χ2n) is 5.33. The molecule has 0 radical (unpaired) electrons. The Morgan fingerprint density at radius 3 is 2.90 bits per heavy atom. The molecule has 0 unspecified atom stereocenters. The molecule has 0 bridgehead atoms. The maximum absolute atomic E-state index is 11.5. The van der Waals surface area contributed by atoms with Crippen LogP contribution in [0, 0.1) is 11.3 Å². The summed E-state index contributed by atoms with van der Waals surface area (Å²) in [5.41, 5.74) is 3.03. The van der Waals surface area contributed by atoms with Crippen LogP contribution in [-0.4, -0.2) is 6.09 Å². The Morgan fingerprint density at radius 1 is 1.50 bits per heavy atom. The first-order chi connectivity index (χ1) is 9.47. The Labute approximate surface area is 119 Å². The number of nitriles is 1. The zero-order valence-corrected chi connectivity index (χ0v) is 12.0. The van der Waals surface area contributed by atoms with Crippen LogP contribution in [-0.2, 0) is 10.3 Å². The summed E-state index contributed by atoms with van der Waals surface area (Å²) in [6.45, 7) is 5.81. The maximum Gasteiger partial charge on any atom is 0.412 e. The lowest BCUT2D eigenvalue weighted by Crippen LogP contribution is -2.34. The highest BCUT2D eigenvalue weighted by Crippen LogP contribution is 2.37. The van der Waals surface area contributed by atoms with Gasteiger partial charge in [-0.1, -0.05) is 19.4 Å². The molecule has 20 heavy (non-hydrogen) atoms. The molecular formula is C16H18N2O2. The van der Waals surface area contributed by atoms with Crippen LogP contribution in [0.5, 0.6) is 0 Å². The molecule has 0 saturated heterocycles. The van der Waals surface area contributed by atoms with E-state index >= 15 is 0 Å². The first kappa shape index (κ1) is 14.1. The molecule has 1 N–H and O–H groups in total. The van der Waals surface area contributed by atoms with Gasteiger partial charge < -0.3 is 4.74 Å². The van der Waals surface area contributed by atoms with Gasteiger partial charge in [-0.2, -0.15) is 5.26 Å². The Kier molecular flexibility index (Phi) is 3.80. The average Bonchev–Trinajstić information content (AvgIpc) is 2.37. The highest BCUT2D eigenvalue weighted by atomic mass is 16.6. The van der Waals surface area contributed by atoms with Gasteiger partial charge in [0.25, 0.3) is 0 Å². The van der Waals surface area contributed by atoms with Crippen molar-refractivity contribution in [2.45, 2.75) is 39.2 Å². The molecule has 1 aliphatic heterocycles. The van der Waals surface area contributed by atoms with E-state index in [0.29, 0.717) is 0 Å². The first-order valence-corrected chi connectivity index (χ1v) is 6.71. The fourth-order valence-electron chi connectivity index (χ4n) is 2.42. The van der Waals surface area contributed by atoms with E-state index in [9.17, 15) is 4.79 Å². The summed E-state index contributed by atoms with van der Waals surface area (Å²) < 4.78 is 5.32. The van der Waals surface area contributed by atoms with E-state index in [4.69, 9.17) is 10.00 Å². The number of carbonyl (C=O) groups is 1. The average molecular weight is 270 g/mol. The summed E-state index contributed by atoms with van der Waals surface area (Å²) in [5.74, 6) is 0. The third-order valence-electron chi connectivity index (χ3n) is 3.38. The molecule has 104 valence electrons. The lowest BCUT2D eigenvalue weighted by Gasteiger charge is -2.33. The minimum atomic E-state index is -0.669. The van der Waals surface area contributed by atoms with Crippen molar-refractivity contribution >= 4 is 17.4 Å². The molecule has 1 amide bonds. The van der Waals surface area contributed by atoms with Gasteiger partial charge in [0.05, 0.1) is 11.8 Å². The number of amides is 1. The molecule has 4 nitrogen and oxygen atoms in total. The van der Waals surface area contributed by atoms with Crippen LogP contribution in [0.3, 0.4) is 0 Å². The highest BCUT2D eigenvalue weighted by molar-refractivity contribution is 5.89. The Bertz CT molecular complexity index is 609. The highest BCUT2D eigenvalue weighted by Gasteiger charge is 2.33. The van der Waals surface area contributed by atoms with Gasteiger partial charge in [-0.05, 0) is 43.5 Å². The number of anilines is 1. The summed E-state index contributed by atoms with van der Waals surface area (Å²) in [6, 6.07) is 7.89. The molecule has 1 aromatic rings. The molecule has 0 aliphatic carbocycles. The fraction of sp³-hybridized carbons (Fsp3) is 0.375. The van der Waals surface area contributed by atoms with E-state index in [-0.39, 0.29) is 0 Å². The topological polar surface area (TPSA) is 62.1 Å². The van der Waals surface area contributed by atoms with Crippen LogP contribution in [0.1, 0.15) is 44.7 Å². The molecule has 0 aromatic heterocycles. The lowest BCUT2D eigenvalue weighted by atomic mass is 9.90. The monoisotopic (exact) mass is 270 g/mol. The van der Waals surface area contributed by atoms with E-state index < -0.39 is 11.7 Å².